The number of amides is 3. The zero-order valence-corrected chi connectivity index (χ0v) is 17.1. The van der Waals surface area contributed by atoms with E-state index in [0.29, 0.717) is 44.2 Å². The Hall–Kier alpha value is -3.94. The number of hydrogen-bond donors (Lipinski definition) is 2. The lowest BCUT2D eigenvalue weighted by Crippen LogP contribution is -2.32. The highest BCUT2D eigenvalue weighted by molar-refractivity contribution is 5.83. The Morgan fingerprint density at radius 1 is 1.13 bits per heavy atom. The van der Waals surface area contributed by atoms with Crippen molar-refractivity contribution >= 4 is 23.9 Å². The largest absolute Gasteiger partial charge is 0.367 e. The van der Waals surface area contributed by atoms with Crippen molar-refractivity contribution in [3.8, 4) is 11.3 Å². The number of benzene rings is 1. The van der Waals surface area contributed by atoms with Crippen molar-refractivity contribution in [1.82, 2.24) is 20.2 Å². The maximum atomic E-state index is 11.9. The molecule has 3 aromatic rings. The summed E-state index contributed by atoms with van der Waals surface area (Å²) in [5.41, 5.74) is 3.38. The molecule has 31 heavy (non-hydrogen) atoms. The lowest BCUT2D eigenvalue weighted by Gasteiger charge is -2.22. The van der Waals surface area contributed by atoms with E-state index >= 15 is 0 Å². The van der Waals surface area contributed by atoms with Gasteiger partial charge in [-0.25, -0.2) is 9.78 Å². The second-order valence-corrected chi connectivity index (χ2v) is 7.17. The number of carbonyl (C=O) groups excluding carboxylic acids is 2. The Morgan fingerprint density at radius 3 is 2.71 bits per heavy atom. The number of anilines is 2. The molecule has 1 saturated heterocycles. The van der Waals surface area contributed by atoms with Crippen molar-refractivity contribution in [1.29, 1.82) is 0 Å². The van der Waals surface area contributed by atoms with E-state index < -0.39 is 0 Å². The molecule has 3 heterocycles. The van der Waals surface area contributed by atoms with Gasteiger partial charge in [-0.1, -0.05) is 36.4 Å². The summed E-state index contributed by atoms with van der Waals surface area (Å²) in [6.45, 7) is 2.80. The Labute approximate surface area is 180 Å². The summed E-state index contributed by atoms with van der Waals surface area (Å²) < 4.78 is 0. The summed E-state index contributed by atoms with van der Waals surface area (Å²) in [5.74, 6) is 0.594. The van der Waals surface area contributed by atoms with Crippen LogP contribution >= 0.6 is 0 Å². The number of pyridine rings is 2. The highest BCUT2D eigenvalue weighted by Crippen LogP contribution is 2.28. The fourth-order valence-corrected chi connectivity index (χ4v) is 3.48. The normalized spacial score (nSPS) is 13.0. The summed E-state index contributed by atoms with van der Waals surface area (Å²) in [7, 11) is 0. The predicted molar refractivity (Wildman–Crippen MR) is 120 cm³/mol. The van der Waals surface area contributed by atoms with Gasteiger partial charge in [-0.2, -0.15) is 0 Å². The van der Waals surface area contributed by atoms with Gasteiger partial charge in [0.25, 0.3) is 0 Å². The van der Waals surface area contributed by atoms with Crippen LogP contribution in [0.2, 0.25) is 0 Å². The Bertz CT molecular complexity index is 1030. The molecule has 0 spiro atoms. The Balaban J connectivity index is 1.59. The third-order valence-electron chi connectivity index (χ3n) is 5.08. The van der Waals surface area contributed by atoms with Crippen molar-refractivity contribution in [3.63, 3.8) is 0 Å². The zero-order chi connectivity index (χ0) is 21.5. The monoisotopic (exact) mass is 416 g/mol. The van der Waals surface area contributed by atoms with E-state index in [1.165, 1.54) is 0 Å². The van der Waals surface area contributed by atoms with Gasteiger partial charge in [-0.05, 0) is 23.8 Å². The summed E-state index contributed by atoms with van der Waals surface area (Å²) in [5, 5.41) is 6.12. The van der Waals surface area contributed by atoms with E-state index in [-0.39, 0.29) is 6.03 Å². The van der Waals surface area contributed by atoms with Crippen LogP contribution in [-0.2, 0) is 11.3 Å². The van der Waals surface area contributed by atoms with E-state index in [1.807, 2.05) is 54.6 Å². The van der Waals surface area contributed by atoms with E-state index in [4.69, 9.17) is 4.98 Å². The van der Waals surface area contributed by atoms with Crippen LogP contribution in [0.5, 0.6) is 0 Å². The van der Waals surface area contributed by atoms with E-state index in [2.05, 4.69) is 15.6 Å². The standard InChI is InChI=1S/C23H24N6O2/c30-17-29(16-18-5-4-10-24-15-18)21-9-8-20(19-6-2-1-3-7-19)27-22(21)25-11-13-28-14-12-26-23(28)31/h1-10,15,17H,11-14,16H2,(H,25,27)(H,26,31). The quantitative estimate of drug-likeness (QED) is 0.524. The molecule has 4 rings (SSSR count). The maximum Gasteiger partial charge on any atom is 0.317 e. The minimum Gasteiger partial charge on any atom is -0.367 e. The van der Waals surface area contributed by atoms with Crippen molar-refractivity contribution in [2.75, 3.05) is 36.4 Å². The summed E-state index contributed by atoms with van der Waals surface area (Å²) in [4.78, 5) is 36.0. The molecule has 2 aromatic heterocycles. The fraction of sp³-hybridized carbons (Fsp3) is 0.217. The number of hydrogen-bond acceptors (Lipinski definition) is 5. The molecule has 8 heteroatoms. The van der Waals surface area contributed by atoms with Crippen LogP contribution in [0.4, 0.5) is 16.3 Å². The minimum atomic E-state index is -0.0564. The highest BCUT2D eigenvalue weighted by Gasteiger charge is 2.19. The summed E-state index contributed by atoms with van der Waals surface area (Å²) in [6, 6.07) is 17.4. The van der Waals surface area contributed by atoms with Crippen molar-refractivity contribution in [3.05, 3.63) is 72.6 Å². The van der Waals surface area contributed by atoms with Crippen molar-refractivity contribution < 1.29 is 9.59 Å². The molecule has 3 amide bonds. The maximum absolute atomic E-state index is 11.9. The minimum absolute atomic E-state index is 0.0564. The molecule has 1 aliphatic rings. The van der Waals surface area contributed by atoms with Crippen LogP contribution in [0, 0.1) is 0 Å². The zero-order valence-electron chi connectivity index (χ0n) is 17.1. The van der Waals surface area contributed by atoms with Crippen molar-refractivity contribution in [2.45, 2.75) is 6.54 Å². The van der Waals surface area contributed by atoms with Gasteiger partial charge in [0, 0.05) is 44.1 Å². The van der Waals surface area contributed by atoms with Gasteiger partial charge in [-0.3, -0.25) is 9.78 Å². The second-order valence-electron chi connectivity index (χ2n) is 7.17. The number of rotatable bonds is 9. The van der Waals surface area contributed by atoms with Gasteiger partial charge in [0.2, 0.25) is 6.41 Å². The molecule has 1 aromatic carbocycles. The van der Waals surface area contributed by atoms with Gasteiger partial charge in [0.1, 0.15) is 0 Å². The molecule has 1 fully saturated rings. The molecule has 0 radical (unpaired) electrons. The summed E-state index contributed by atoms with van der Waals surface area (Å²) in [6.07, 6.45) is 4.24. The third-order valence-corrected chi connectivity index (χ3v) is 5.08. The van der Waals surface area contributed by atoms with Crippen LogP contribution in [0.1, 0.15) is 5.56 Å². The topological polar surface area (TPSA) is 90.5 Å². The first-order chi connectivity index (χ1) is 15.2. The smallest absolute Gasteiger partial charge is 0.317 e. The van der Waals surface area contributed by atoms with E-state index in [0.717, 1.165) is 23.2 Å². The fourth-order valence-electron chi connectivity index (χ4n) is 3.48. The van der Waals surface area contributed by atoms with Gasteiger partial charge in [0.05, 0.1) is 17.9 Å². The molecular formula is C23H24N6O2. The molecule has 0 bridgehead atoms. The van der Waals surface area contributed by atoms with E-state index in [9.17, 15) is 9.59 Å². The highest BCUT2D eigenvalue weighted by atomic mass is 16.2. The second kappa shape index (κ2) is 9.71. The number of nitrogens with one attached hydrogen (secondary N) is 2. The van der Waals surface area contributed by atoms with Crippen LogP contribution in [-0.4, -0.2) is 53.5 Å². The third kappa shape index (κ3) is 4.98. The van der Waals surface area contributed by atoms with Gasteiger partial charge in [0.15, 0.2) is 5.82 Å². The average molecular weight is 416 g/mol. The molecule has 0 unspecified atom stereocenters. The molecule has 1 aliphatic heterocycles. The molecule has 0 atom stereocenters. The van der Waals surface area contributed by atoms with Crippen LogP contribution in [0.3, 0.4) is 0 Å². The Kier molecular flexibility index (Phi) is 6.37. The van der Waals surface area contributed by atoms with Gasteiger partial charge < -0.3 is 20.4 Å². The predicted octanol–water partition coefficient (Wildman–Crippen LogP) is 2.74. The van der Waals surface area contributed by atoms with Crippen LogP contribution < -0.4 is 15.5 Å². The average Bonchev–Trinajstić information content (AvgIpc) is 3.23. The number of carbonyl (C=O) groups is 2. The molecule has 0 saturated carbocycles. The number of aromatic nitrogens is 2. The number of urea groups is 1. The Morgan fingerprint density at radius 2 is 2.00 bits per heavy atom. The SMILES string of the molecule is O=CN(Cc1cccnc1)c1ccc(-c2ccccc2)nc1NCCN1CCNC1=O. The molecule has 8 nitrogen and oxygen atoms in total. The summed E-state index contributed by atoms with van der Waals surface area (Å²) >= 11 is 0. The molecule has 0 aliphatic carbocycles. The van der Waals surface area contributed by atoms with Gasteiger partial charge >= 0.3 is 6.03 Å². The lowest BCUT2D eigenvalue weighted by atomic mass is 10.1. The molecule has 2 N–H and O–H groups in total. The number of nitrogens with zero attached hydrogens (tertiary/aromatic N) is 4. The van der Waals surface area contributed by atoms with Gasteiger partial charge in [-0.15, -0.1) is 0 Å². The first kappa shape index (κ1) is 20.3. The van der Waals surface area contributed by atoms with Crippen molar-refractivity contribution in [2.24, 2.45) is 0 Å². The van der Waals surface area contributed by atoms with Crippen LogP contribution in [0.25, 0.3) is 11.3 Å². The molecular weight excluding hydrogens is 392 g/mol. The van der Waals surface area contributed by atoms with E-state index in [1.54, 1.807) is 22.2 Å². The lowest BCUT2D eigenvalue weighted by molar-refractivity contribution is -0.107. The van der Waals surface area contributed by atoms with Crippen LogP contribution in [0.15, 0.2) is 67.0 Å². The first-order valence-corrected chi connectivity index (χ1v) is 10.2. The first-order valence-electron chi connectivity index (χ1n) is 10.2. The molecule has 158 valence electrons.